The second-order valence-electron chi connectivity index (χ2n) is 5.08. The summed E-state index contributed by atoms with van der Waals surface area (Å²) in [5.74, 6) is -0.0414. The quantitative estimate of drug-likeness (QED) is 0.667. The van der Waals surface area contributed by atoms with Gasteiger partial charge >= 0.3 is 6.55 Å². The average Bonchev–Trinajstić information content (AvgIpc) is 3.28. The summed E-state index contributed by atoms with van der Waals surface area (Å²) in [5.41, 5.74) is 0.678. The molecule has 9 heteroatoms. The van der Waals surface area contributed by atoms with Crippen molar-refractivity contribution in [1.29, 1.82) is 0 Å². The monoisotopic (exact) mass is 368 g/mol. The van der Waals surface area contributed by atoms with Crippen LogP contribution in [0.2, 0.25) is 0 Å². The topological polar surface area (TPSA) is 51.0 Å². The third kappa shape index (κ3) is 3.68. The molecule has 3 rings (SSSR count). The summed E-state index contributed by atoms with van der Waals surface area (Å²) in [4.78, 5) is 23.1. The molecule has 0 aliphatic carbocycles. The molecular weight excluding hydrogens is 354 g/mol. The summed E-state index contributed by atoms with van der Waals surface area (Å²) < 4.78 is 26.4. The van der Waals surface area contributed by atoms with E-state index in [4.69, 9.17) is 0 Å². The largest absolute Gasteiger partial charge is 0.338 e. The fraction of sp³-hybridized carbons (Fsp3) is 0.267. The second-order valence-corrected chi connectivity index (χ2v) is 6.88. The van der Waals surface area contributed by atoms with Crippen LogP contribution >= 0.6 is 22.7 Å². The van der Waals surface area contributed by atoms with Gasteiger partial charge in [-0.2, -0.15) is 8.78 Å². The molecule has 0 N–H and O–H groups in total. The van der Waals surface area contributed by atoms with Crippen LogP contribution in [-0.4, -0.2) is 32.4 Å². The number of aromatic nitrogens is 3. The molecule has 0 atom stereocenters. The molecule has 0 saturated carbocycles. The van der Waals surface area contributed by atoms with Gasteiger partial charge in [0.25, 0.3) is 0 Å². The van der Waals surface area contributed by atoms with E-state index in [0.29, 0.717) is 5.69 Å². The lowest BCUT2D eigenvalue weighted by atomic mass is 10.3. The van der Waals surface area contributed by atoms with Crippen molar-refractivity contribution in [2.75, 3.05) is 7.05 Å². The lowest BCUT2D eigenvalue weighted by molar-refractivity contribution is -0.130. The molecule has 0 aliphatic heterocycles. The molecule has 3 heterocycles. The summed E-state index contributed by atoms with van der Waals surface area (Å²) >= 11 is 3.08. The number of amides is 1. The summed E-state index contributed by atoms with van der Waals surface area (Å²) in [7, 11) is 1.57. The van der Waals surface area contributed by atoms with E-state index in [0.717, 1.165) is 14.5 Å². The third-order valence-electron chi connectivity index (χ3n) is 3.38. The highest BCUT2D eigenvalue weighted by Gasteiger charge is 2.17. The normalized spacial score (nSPS) is 11.2. The van der Waals surface area contributed by atoms with E-state index >= 15 is 0 Å². The number of halogens is 2. The first-order valence-corrected chi connectivity index (χ1v) is 8.82. The fourth-order valence-corrected chi connectivity index (χ4v) is 3.77. The van der Waals surface area contributed by atoms with Crippen LogP contribution in [0.25, 0.3) is 9.88 Å². The van der Waals surface area contributed by atoms with Crippen molar-refractivity contribution in [3.05, 3.63) is 46.8 Å². The Morgan fingerprint density at radius 1 is 1.42 bits per heavy atom. The van der Waals surface area contributed by atoms with Gasteiger partial charge in [0.2, 0.25) is 5.91 Å². The molecule has 0 aliphatic rings. The van der Waals surface area contributed by atoms with Crippen molar-refractivity contribution in [2.45, 2.75) is 19.5 Å². The van der Waals surface area contributed by atoms with E-state index in [1.165, 1.54) is 28.6 Å². The van der Waals surface area contributed by atoms with Crippen LogP contribution in [0, 0.1) is 0 Å². The van der Waals surface area contributed by atoms with Crippen LogP contribution in [0.5, 0.6) is 0 Å². The molecule has 0 bridgehead atoms. The van der Waals surface area contributed by atoms with Gasteiger partial charge in [0.15, 0.2) is 0 Å². The summed E-state index contributed by atoms with van der Waals surface area (Å²) in [6.45, 7) is -2.64. The molecular formula is C15H14F2N4OS2. The molecule has 0 aromatic carbocycles. The van der Waals surface area contributed by atoms with Gasteiger partial charge in [-0.1, -0.05) is 6.07 Å². The zero-order chi connectivity index (χ0) is 17.1. The number of thiophene rings is 1. The predicted molar refractivity (Wildman–Crippen MR) is 89.1 cm³/mol. The van der Waals surface area contributed by atoms with E-state index in [2.05, 4.69) is 9.97 Å². The zero-order valence-electron chi connectivity index (χ0n) is 12.7. The number of nitrogens with zero attached hydrogens (tertiary/aromatic N) is 4. The van der Waals surface area contributed by atoms with E-state index in [1.807, 2.05) is 22.9 Å². The van der Waals surface area contributed by atoms with Gasteiger partial charge in [-0.05, 0) is 11.4 Å². The van der Waals surface area contributed by atoms with Crippen LogP contribution in [0.1, 0.15) is 18.1 Å². The number of hydrogen-bond acceptors (Lipinski definition) is 5. The number of carbonyl (C=O) groups excluding carboxylic acids is 1. The van der Waals surface area contributed by atoms with Crippen LogP contribution in [0.15, 0.2) is 35.3 Å². The first-order chi connectivity index (χ1) is 11.5. The van der Waals surface area contributed by atoms with Crippen LogP contribution in [0.3, 0.4) is 0 Å². The standard InChI is InChI=1S/C15H14F2N4OS2/c1-20(8-12-18-4-5-21(12)15(16)17)13(22)7-10-9-24-14(19-10)11-3-2-6-23-11/h2-6,9,15H,7-8H2,1H3. The minimum absolute atomic E-state index is 0.0259. The summed E-state index contributed by atoms with van der Waals surface area (Å²) in [6.07, 6.45) is 2.63. The molecule has 0 fully saturated rings. The molecule has 24 heavy (non-hydrogen) atoms. The van der Waals surface area contributed by atoms with E-state index in [1.54, 1.807) is 18.4 Å². The molecule has 0 radical (unpaired) electrons. The van der Waals surface area contributed by atoms with Crippen molar-refractivity contribution in [3.8, 4) is 9.88 Å². The van der Waals surface area contributed by atoms with E-state index in [9.17, 15) is 13.6 Å². The van der Waals surface area contributed by atoms with Gasteiger partial charge in [-0.3, -0.25) is 9.36 Å². The Balaban J connectivity index is 1.63. The van der Waals surface area contributed by atoms with Crippen molar-refractivity contribution in [1.82, 2.24) is 19.4 Å². The zero-order valence-corrected chi connectivity index (χ0v) is 14.4. The number of thiazole rings is 1. The molecule has 3 aromatic rings. The summed E-state index contributed by atoms with van der Waals surface area (Å²) in [6, 6.07) is 3.93. The predicted octanol–water partition coefficient (Wildman–Crippen LogP) is 3.66. The van der Waals surface area contributed by atoms with Crippen molar-refractivity contribution >= 4 is 28.6 Å². The maximum Gasteiger partial charge on any atom is 0.319 e. The molecule has 3 aromatic heterocycles. The van der Waals surface area contributed by atoms with Gasteiger partial charge in [0, 0.05) is 24.8 Å². The number of imidazole rings is 1. The Morgan fingerprint density at radius 2 is 2.25 bits per heavy atom. The molecule has 0 unspecified atom stereocenters. The lowest BCUT2D eigenvalue weighted by Crippen LogP contribution is -2.29. The fourth-order valence-electron chi connectivity index (χ4n) is 2.14. The highest BCUT2D eigenvalue weighted by Crippen LogP contribution is 2.28. The van der Waals surface area contributed by atoms with Crippen molar-refractivity contribution in [2.24, 2.45) is 0 Å². The van der Waals surface area contributed by atoms with Gasteiger partial charge in [-0.15, -0.1) is 22.7 Å². The lowest BCUT2D eigenvalue weighted by Gasteiger charge is -2.17. The van der Waals surface area contributed by atoms with Crippen molar-refractivity contribution < 1.29 is 13.6 Å². The van der Waals surface area contributed by atoms with Crippen LogP contribution < -0.4 is 0 Å². The number of alkyl halides is 2. The Hall–Kier alpha value is -2.13. The second kappa shape index (κ2) is 7.18. The summed E-state index contributed by atoms with van der Waals surface area (Å²) in [5, 5.41) is 4.70. The Bertz CT molecular complexity index is 813. The highest BCUT2D eigenvalue weighted by molar-refractivity contribution is 7.20. The highest BCUT2D eigenvalue weighted by atomic mass is 32.1. The maximum atomic E-state index is 12.8. The van der Waals surface area contributed by atoms with Crippen LogP contribution in [0.4, 0.5) is 8.78 Å². The minimum atomic E-state index is -2.67. The molecule has 126 valence electrons. The number of likely N-dealkylation sites (N-methyl/N-ethyl adjacent to an activating group) is 1. The molecule has 0 saturated heterocycles. The van der Waals surface area contributed by atoms with Crippen LogP contribution in [-0.2, 0) is 17.8 Å². The number of rotatable bonds is 6. The Labute approximate surface area is 145 Å². The van der Waals surface area contributed by atoms with Gasteiger partial charge < -0.3 is 4.90 Å². The molecule has 0 spiro atoms. The Kier molecular flexibility index (Phi) is 5.00. The maximum absolute atomic E-state index is 12.8. The minimum Gasteiger partial charge on any atom is -0.338 e. The SMILES string of the molecule is CN(Cc1nccn1C(F)F)C(=O)Cc1csc(-c2cccs2)n1. The Morgan fingerprint density at radius 3 is 2.96 bits per heavy atom. The third-order valence-corrected chi connectivity index (χ3v) is 5.31. The smallest absolute Gasteiger partial charge is 0.319 e. The van der Waals surface area contributed by atoms with E-state index in [-0.39, 0.29) is 24.7 Å². The van der Waals surface area contributed by atoms with Crippen molar-refractivity contribution in [3.63, 3.8) is 0 Å². The first kappa shape index (κ1) is 16.7. The first-order valence-electron chi connectivity index (χ1n) is 7.06. The number of hydrogen-bond donors (Lipinski definition) is 0. The van der Waals surface area contributed by atoms with Gasteiger partial charge in [-0.25, -0.2) is 9.97 Å². The van der Waals surface area contributed by atoms with E-state index < -0.39 is 6.55 Å². The van der Waals surface area contributed by atoms with Gasteiger partial charge in [0.05, 0.1) is 23.5 Å². The molecule has 1 amide bonds. The molecule has 5 nitrogen and oxygen atoms in total. The average molecular weight is 368 g/mol. The number of carbonyl (C=O) groups is 1. The van der Waals surface area contributed by atoms with Gasteiger partial charge in [0.1, 0.15) is 10.8 Å².